The second-order valence-electron chi connectivity index (χ2n) is 7.86. The Hall–Kier alpha value is -0.900. The first-order chi connectivity index (χ1) is 14.3. The van der Waals surface area contributed by atoms with Crippen molar-refractivity contribution >= 4 is 0 Å². The molecule has 0 bridgehead atoms. The lowest BCUT2D eigenvalue weighted by atomic mass is 10.1. The van der Waals surface area contributed by atoms with E-state index in [1.807, 2.05) is 0 Å². The number of hydrogen-bond acceptors (Lipinski definition) is 4. The molecule has 0 aliphatic rings. The SMILES string of the molecule is CCCCCCCCCOCOC(OCCCCC)=C(CCC)OCCCCC. The highest BCUT2D eigenvalue weighted by Crippen LogP contribution is 2.18. The molecule has 0 amide bonds. The smallest absolute Gasteiger partial charge is 0.321 e. The van der Waals surface area contributed by atoms with Gasteiger partial charge in [0.1, 0.15) is 0 Å². The zero-order valence-corrected chi connectivity index (χ0v) is 20.1. The molecule has 0 fully saturated rings. The van der Waals surface area contributed by atoms with Crippen molar-refractivity contribution in [3.63, 3.8) is 0 Å². The molecule has 0 heterocycles. The van der Waals surface area contributed by atoms with Crippen LogP contribution < -0.4 is 0 Å². The molecular formula is C25H50O4. The van der Waals surface area contributed by atoms with Gasteiger partial charge in [0.05, 0.1) is 19.8 Å². The molecule has 0 aliphatic heterocycles. The van der Waals surface area contributed by atoms with Gasteiger partial charge in [-0.05, 0) is 25.7 Å². The number of allylic oxidation sites excluding steroid dienone is 1. The summed E-state index contributed by atoms with van der Waals surface area (Å²) in [6, 6.07) is 0. The van der Waals surface area contributed by atoms with Crippen molar-refractivity contribution in [3.8, 4) is 0 Å². The van der Waals surface area contributed by atoms with Crippen molar-refractivity contribution in [2.45, 2.75) is 124 Å². The van der Waals surface area contributed by atoms with Crippen molar-refractivity contribution in [3.05, 3.63) is 11.7 Å². The van der Waals surface area contributed by atoms with E-state index in [1.165, 1.54) is 64.2 Å². The van der Waals surface area contributed by atoms with Crippen LogP contribution in [0, 0.1) is 0 Å². The molecule has 0 spiro atoms. The molecule has 4 nitrogen and oxygen atoms in total. The number of hydrogen-bond donors (Lipinski definition) is 0. The van der Waals surface area contributed by atoms with Crippen molar-refractivity contribution in [1.29, 1.82) is 0 Å². The molecule has 29 heavy (non-hydrogen) atoms. The van der Waals surface area contributed by atoms with E-state index in [0.29, 0.717) is 12.6 Å². The Morgan fingerprint density at radius 2 is 1.00 bits per heavy atom. The van der Waals surface area contributed by atoms with Crippen LogP contribution in [0.15, 0.2) is 11.7 Å². The van der Waals surface area contributed by atoms with Crippen LogP contribution in [-0.2, 0) is 18.9 Å². The van der Waals surface area contributed by atoms with E-state index in [9.17, 15) is 0 Å². The van der Waals surface area contributed by atoms with Gasteiger partial charge in [-0.25, -0.2) is 0 Å². The quantitative estimate of drug-likeness (QED) is 0.0961. The molecule has 0 rings (SSSR count). The first-order valence-electron chi connectivity index (χ1n) is 12.5. The van der Waals surface area contributed by atoms with Crippen molar-refractivity contribution < 1.29 is 18.9 Å². The van der Waals surface area contributed by atoms with Crippen LogP contribution in [0.5, 0.6) is 0 Å². The summed E-state index contributed by atoms with van der Waals surface area (Å²) >= 11 is 0. The normalized spacial score (nSPS) is 12.0. The molecule has 0 saturated carbocycles. The fraction of sp³-hybridized carbons (Fsp3) is 0.920. The molecule has 0 aliphatic carbocycles. The zero-order valence-electron chi connectivity index (χ0n) is 20.1. The largest absolute Gasteiger partial charge is 0.491 e. The minimum Gasteiger partial charge on any atom is -0.491 e. The van der Waals surface area contributed by atoms with Gasteiger partial charge >= 0.3 is 5.95 Å². The van der Waals surface area contributed by atoms with Gasteiger partial charge < -0.3 is 18.9 Å². The molecular weight excluding hydrogens is 364 g/mol. The van der Waals surface area contributed by atoms with E-state index in [1.54, 1.807) is 0 Å². The molecule has 0 aromatic carbocycles. The molecule has 0 aromatic rings. The van der Waals surface area contributed by atoms with Crippen LogP contribution in [0.2, 0.25) is 0 Å². The lowest BCUT2D eigenvalue weighted by Gasteiger charge is -2.17. The van der Waals surface area contributed by atoms with Gasteiger partial charge in [0.25, 0.3) is 0 Å². The standard InChI is InChI=1S/C25H50O4/c1-5-9-12-13-14-15-18-20-26-23-29-25(28-22-17-11-7-3)24(19-8-4)27-21-16-10-6-2/h5-23H2,1-4H3. The molecule has 4 heteroatoms. The van der Waals surface area contributed by atoms with Gasteiger partial charge in [-0.15, -0.1) is 0 Å². The Morgan fingerprint density at radius 1 is 0.483 bits per heavy atom. The maximum absolute atomic E-state index is 6.02. The summed E-state index contributed by atoms with van der Waals surface area (Å²) in [4.78, 5) is 0. The summed E-state index contributed by atoms with van der Waals surface area (Å²) in [7, 11) is 0. The van der Waals surface area contributed by atoms with Crippen LogP contribution in [-0.4, -0.2) is 26.6 Å². The third-order valence-corrected chi connectivity index (χ3v) is 4.88. The number of rotatable bonds is 23. The predicted molar refractivity (Wildman–Crippen MR) is 123 cm³/mol. The highest BCUT2D eigenvalue weighted by Gasteiger charge is 2.12. The average molecular weight is 415 g/mol. The maximum atomic E-state index is 6.02. The molecule has 0 atom stereocenters. The van der Waals surface area contributed by atoms with Gasteiger partial charge in [-0.2, -0.15) is 0 Å². The number of ether oxygens (including phenoxy) is 4. The van der Waals surface area contributed by atoms with Gasteiger partial charge in [-0.1, -0.05) is 91.9 Å². The summed E-state index contributed by atoms with van der Waals surface area (Å²) < 4.78 is 23.5. The minimum atomic E-state index is 0.241. The van der Waals surface area contributed by atoms with Gasteiger partial charge in [0, 0.05) is 6.42 Å². The topological polar surface area (TPSA) is 36.9 Å². The molecule has 0 radical (unpaired) electrons. The molecule has 0 aromatic heterocycles. The van der Waals surface area contributed by atoms with E-state index in [0.717, 1.165) is 51.1 Å². The molecule has 0 N–H and O–H groups in total. The van der Waals surface area contributed by atoms with Crippen LogP contribution in [0.4, 0.5) is 0 Å². The molecule has 0 saturated heterocycles. The van der Waals surface area contributed by atoms with E-state index in [-0.39, 0.29) is 6.79 Å². The Labute approximate surface area is 181 Å². The fourth-order valence-electron chi connectivity index (χ4n) is 3.04. The Kier molecular flexibility index (Phi) is 22.7. The summed E-state index contributed by atoms with van der Waals surface area (Å²) in [5.74, 6) is 1.39. The van der Waals surface area contributed by atoms with Gasteiger partial charge in [-0.3, -0.25) is 0 Å². The fourth-order valence-corrected chi connectivity index (χ4v) is 3.04. The summed E-state index contributed by atoms with van der Waals surface area (Å²) in [5, 5.41) is 0. The Balaban J connectivity index is 4.30. The third kappa shape index (κ3) is 18.8. The van der Waals surface area contributed by atoms with E-state index in [2.05, 4.69) is 27.7 Å². The lowest BCUT2D eigenvalue weighted by molar-refractivity contribution is -0.0845. The number of unbranched alkanes of at least 4 members (excludes halogenated alkanes) is 10. The highest BCUT2D eigenvalue weighted by molar-refractivity contribution is 4.95. The van der Waals surface area contributed by atoms with Crippen molar-refractivity contribution in [1.82, 2.24) is 0 Å². The molecule has 174 valence electrons. The first kappa shape index (κ1) is 28.1. The second-order valence-corrected chi connectivity index (χ2v) is 7.86. The average Bonchev–Trinajstić information content (AvgIpc) is 2.73. The van der Waals surface area contributed by atoms with E-state index < -0.39 is 0 Å². The van der Waals surface area contributed by atoms with E-state index in [4.69, 9.17) is 18.9 Å². The Morgan fingerprint density at radius 3 is 1.62 bits per heavy atom. The molecule has 0 unspecified atom stereocenters. The van der Waals surface area contributed by atoms with Gasteiger partial charge in [0.2, 0.25) is 0 Å². The maximum Gasteiger partial charge on any atom is 0.321 e. The first-order valence-corrected chi connectivity index (χ1v) is 12.5. The monoisotopic (exact) mass is 414 g/mol. The van der Waals surface area contributed by atoms with Gasteiger partial charge in [0.15, 0.2) is 12.6 Å². The summed E-state index contributed by atoms with van der Waals surface area (Å²) in [6.07, 6.45) is 17.7. The highest BCUT2D eigenvalue weighted by atomic mass is 16.7. The predicted octanol–water partition coefficient (Wildman–Crippen LogP) is 8.11. The summed E-state index contributed by atoms with van der Waals surface area (Å²) in [6.45, 7) is 11.2. The van der Waals surface area contributed by atoms with Crippen molar-refractivity contribution in [2.75, 3.05) is 26.6 Å². The van der Waals surface area contributed by atoms with E-state index >= 15 is 0 Å². The lowest BCUT2D eigenvalue weighted by Crippen LogP contribution is -2.10. The van der Waals surface area contributed by atoms with Crippen molar-refractivity contribution in [2.24, 2.45) is 0 Å². The minimum absolute atomic E-state index is 0.241. The zero-order chi connectivity index (χ0) is 21.4. The second kappa shape index (κ2) is 23.4. The van der Waals surface area contributed by atoms with Crippen LogP contribution in [0.3, 0.4) is 0 Å². The van der Waals surface area contributed by atoms with Crippen LogP contribution >= 0.6 is 0 Å². The summed E-state index contributed by atoms with van der Waals surface area (Å²) in [5.41, 5.74) is 0. The third-order valence-electron chi connectivity index (χ3n) is 4.88. The van der Waals surface area contributed by atoms with Crippen LogP contribution in [0.1, 0.15) is 124 Å². The van der Waals surface area contributed by atoms with Crippen LogP contribution in [0.25, 0.3) is 0 Å². The Bertz CT molecular complexity index is 355.